The molecular weight excluding hydrogens is 287 g/mol. The van der Waals surface area contributed by atoms with Crippen molar-refractivity contribution in [3.05, 3.63) is 52.0 Å². The lowest BCUT2D eigenvalue weighted by molar-refractivity contribution is 0.100. The second kappa shape index (κ2) is 5.38. The first kappa shape index (κ1) is 13.5. The number of ether oxygens (including phenoxy) is 1. The Kier molecular flexibility index (Phi) is 3.83. The van der Waals surface area contributed by atoms with Gasteiger partial charge in [-0.3, -0.25) is 4.79 Å². The highest BCUT2D eigenvalue weighted by molar-refractivity contribution is 6.35. The van der Waals surface area contributed by atoms with Gasteiger partial charge >= 0.3 is 0 Å². The third kappa shape index (κ3) is 2.92. The zero-order chi connectivity index (χ0) is 14.0. The van der Waals surface area contributed by atoms with Gasteiger partial charge < -0.3 is 16.2 Å². The molecular formula is C13H10Cl2N2O2. The van der Waals surface area contributed by atoms with Gasteiger partial charge in [-0.1, -0.05) is 29.3 Å². The molecule has 0 saturated carbocycles. The topological polar surface area (TPSA) is 78.3 Å². The normalized spacial score (nSPS) is 10.2. The van der Waals surface area contributed by atoms with E-state index < -0.39 is 5.91 Å². The van der Waals surface area contributed by atoms with E-state index in [0.717, 1.165) is 0 Å². The number of hydrogen-bond acceptors (Lipinski definition) is 3. The van der Waals surface area contributed by atoms with Crippen LogP contribution in [0.3, 0.4) is 0 Å². The Hall–Kier alpha value is -1.91. The van der Waals surface area contributed by atoms with Gasteiger partial charge in [-0.15, -0.1) is 0 Å². The molecule has 6 heteroatoms. The zero-order valence-corrected chi connectivity index (χ0v) is 11.2. The third-order valence-corrected chi connectivity index (χ3v) is 2.98. The molecule has 4 N–H and O–H groups in total. The molecule has 2 aromatic carbocycles. The van der Waals surface area contributed by atoms with Crippen molar-refractivity contribution < 1.29 is 9.53 Å². The predicted octanol–water partition coefficient (Wildman–Crippen LogP) is 3.47. The van der Waals surface area contributed by atoms with Crippen LogP contribution in [0.1, 0.15) is 10.4 Å². The SMILES string of the molecule is NC(=O)c1cccc(Oc2ccc(Cl)cc2Cl)c1N. The lowest BCUT2D eigenvalue weighted by Gasteiger charge is -2.11. The number of para-hydroxylation sites is 1. The molecule has 2 rings (SSSR count). The van der Waals surface area contributed by atoms with Gasteiger partial charge in [0.15, 0.2) is 5.75 Å². The molecule has 0 radical (unpaired) electrons. The first-order valence-electron chi connectivity index (χ1n) is 5.30. The number of benzene rings is 2. The standard InChI is InChI=1S/C13H10Cl2N2O2/c14-7-4-5-10(9(15)6-7)19-11-3-1-2-8(12(11)16)13(17)18/h1-6H,16H2,(H2,17,18). The first-order chi connectivity index (χ1) is 8.99. The molecule has 0 saturated heterocycles. The Morgan fingerprint density at radius 2 is 1.84 bits per heavy atom. The summed E-state index contributed by atoms with van der Waals surface area (Å²) in [5.74, 6) is 0.0741. The van der Waals surface area contributed by atoms with Crippen LogP contribution in [0.2, 0.25) is 10.0 Å². The van der Waals surface area contributed by atoms with Gasteiger partial charge in [0, 0.05) is 5.02 Å². The minimum atomic E-state index is -0.620. The van der Waals surface area contributed by atoms with Gasteiger partial charge in [-0.25, -0.2) is 0 Å². The van der Waals surface area contributed by atoms with Crippen molar-refractivity contribution in [3.8, 4) is 11.5 Å². The fourth-order valence-corrected chi connectivity index (χ4v) is 1.97. The largest absolute Gasteiger partial charge is 0.454 e. The summed E-state index contributed by atoms with van der Waals surface area (Å²) in [6, 6.07) is 9.56. The number of carbonyl (C=O) groups is 1. The highest BCUT2D eigenvalue weighted by Gasteiger charge is 2.12. The van der Waals surface area contributed by atoms with E-state index in [1.165, 1.54) is 6.07 Å². The number of nitrogen functional groups attached to an aromatic ring is 1. The summed E-state index contributed by atoms with van der Waals surface area (Å²) in [6.45, 7) is 0. The van der Waals surface area contributed by atoms with Crippen LogP contribution in [0.4, 0.5) is 5.69 Å². The van der Waals surface area contributed by atoms with Gasteiger partial charge in [0.1, 0.15) is 5.75 Å². The molecule has 19 heavy (non-hydrogen) atoms. The average Bonchev–Trinajstić information content (AvgIpc) is 2.34. The number of halogens is 2. The summed E-state index contributed by atoms with van der Waals surface area (Å²) in [6.07, 6.45) is 0. The molecule has 0 aliphatic heterocycles. The molecule has 0 aromatic heterocycles. The molecule has 1 amide bonds. The second-order valence-corrected chi connectivity index (χ2v) is 4.60. The maximum absolute atomic E-state index is 11.2. The van der Waals surface area contributed by atoms with Crippen molar-refractivity contribution >= 4 is 34.8 Å². The van der Waals surface area contributed by atoms with Crippen LogP contribution >= 0.6 is 23.2 Å². The summed E-state index contributed by atoms with van der Waals surface area (Å²) in [5, 5.41) is 0.840. The highest BCUT2D eigenvalue weighted by atomic mass is 35.5. The van der Waals surface area contributed by atoms with E-state index in [2.05, 4.69) is 0 Å². The van der Waals surface area contributed by atoms with Crippen molar-refractivity contribution in [1.82, 2.24) is 0 Å². The summed E-state index contributed by atoms with van der Waals surface area (Å²) in [7, 11) is 0. The number of carbonyl (C=O) groups excluding carboxylic acids is 1. The van der Waals surface area contributed by atoms with Crippen LogP contribution in [0.25, 0.3) is 0 Å². The van der Waals surface area contributed by atoms with E-state index in [9.17, 15) is 4.79 Å². The average molecular weight is 297 g/mol. The fraction of sp³-hybridized carbons (Fsp3) is 0. The lowest BCUT2D eigenvalue weighted by atomic mass is 10.1. The Bertz CT molecular complexity index is 645. The maximum atomic E-state index is 11.2. The van der Waals surface area contributed by atoms with Gasteiger partial charge in [-0.2, -0.15) is 0 Å². The fourth-order valence-electron chi connectivity index (χ4n) is 1.52. The van der Waals surface area contributed by atoms with E-state index in [4.69, 9.17) is 39.4 Å². The van der Waals surface area contributed by atoms with Crippen molar-refractivity contribution in [1.29, 1.82) is 0 Å². The molecule has 98 valence electrons. The molecule has 4 nitrogen and oxygen atoms in total. The Morgan fingerprint density at radius 3 is 2.47 bits per heavy atom. The Balaban J connectivity index is 2.38. The molecule has 0 unspecified atom stereocenters. The van der Waals surface area contributed by atoms with E-state index >= 15 is 0 Å². The molecule has 0 aliphatic rings. The number of nitrogens with two attached hydrogens (primary N) is 2. The van der Waals surface area contributed by atoms with Gasteiger partial charge in [-0.05, 0) is 30.3 Å². The lowest BCUT2D eigenvalue weighted by Crippen LogP contribution is -2.13. The summed E-state index contributed by atoms with van der Waals surface area (Å²) in [5.41, 5.74) is 11.4. The third-order valence-electron chi connectivity index (χ3n) is 2.45. The molecule has 0 bridgehead atoms. The van der Waals surface area contributed by atoms with Crippen LogP contribution in [0, 0.1) is 0 Å². The number of anilines is 1. The predicted molar refractivity (Wildman–Crippen MR) is 75.9 cm³/mol. The van der Waals surface area contributed by atoms with E-state index in [-0.39, 0.29) is 11.3 Å². The van der Waals surface area contributed by atoms with Gasteiger partial charge in [0.2, 0.25) is 0 Å². The summed E-state index contributed by atoms with van der Waals surface area (Å²) in [4.78, 5) is 11.2. The Labute approximate surface area is 119 Å². The molecule has 0 aliphatic carbocycles. The molecule has 0 spiro atoms. The maximum Gasteiger partial charge on any atom is 0.250 e. The van der Waals surface area contributed by atoms with Crippen LogP contribution < -0.4 is 16.2 Å². The molecule has 2 aromatic rings. The van der Waals surface area contributed by atoms with Crippen LogP contribution in [-0.4, -0.2) is 5.91 Å². The number of amides is 1. The highest BCUT2D eigenvalue weighted by Crippen LogP contribution is 2.35. The van der Waals surface area contributed by atoms with Crippen LogP contribution in [0.15, 0.2) is 36.4 Å². The molecule has 0 atom stereocenters. The second-order valence-electron chi connectivity index (χ2n) is 3.76. The minimum Gasteiger partial charge on any atom is -0.454 e. The number of hydrogen-bond donors (Lipinski definition) is 2. The van der Waals surface area contributed by atoms with Crippen LogP contribution in [-0.2, 0) is 0 Å². The molecule has 0 heterocycles. The summed E-state index contributed by atoms with van der Waals surface area (Å²) < 4.78 is 5.56. The van der Waals surface area contributed by atoms with E-state index in [1.807, 2.05) is 0 Å². The van der Waals surface area contributed by atoms with Crippen LogP contribution in [0.5, 0.6) is 11.5 Å². The van der Waals surface area contributed by atoms with Crippen molar-refractivity contribution in [2.24, 2.45) is 5.73 Å². The number of rotatable bonds is 3. The zero-order valence-electron chi connectivity index (χ0n) is 9.69. The quantitative estimate of drug-likeness (QED) is 0.851. The monoisotopic (exact) mass is 296 g/mol. The van der Waals surface area contributed by atoms with Crippen molar-refractivity contribution in [3.63, 3.8) is 0 Å². The van der Waals surface area contributed by atoms with E-state index in [0.29, 0.717) is 21.5 Å². The first-order valence-corrected chi connectivity index (χ1v) is 6.06. The van der Waals surface area contributed by atoms with Gasteiger partial charge in [0.05, 0.1) is 16.3 Å². The minimum absolute atomic E-state index is 0.168. The van der Waals surface area contributed by atoms with E-state index in [1.54, 1.807) is 30.3 Å². The number of primary amides is 1. The summed E-state index contributed by atoms with van der Waals surface area (Å²) >= 11 is 11.8. The van der Waals surface area contributed by atoms with Gasteiger partial charge in [0.25, 0.3) is 5.91 Å². The Morgan fingerprint density at radius 1 is 1.11 bits per heavy atom. The molecule has 0 fully saturated rings. The van der Waals surface area contributed by atoms with Crippen molar-refractivity contribution in [2.45, 2.75) is 0 Å². The van der Waals surface area contributed by atoms with Crippen molar-refractivity contribution in [2.75, 3.05) is 5.73 Å². The smallest absolute Gasteiger partial charge is 0.250 e.